The van der Waals surface area contributed by atoms with Gasteiger partial charge in [0.15, 0.2) is 5.89 Å². The lowest BCUT2D eigenvalue weighted by atomic mass is 9.86. The lowest BCUT2D eigenvalue weighted by Gasteiger charge is -2.38. The molecule has 2 fully saturated rings. The van der Waals surface area contributed by atoms with Gasteiger partial charge in [0.25, 0.3) is 0 Å². The Hall–Kier alpha value is -3.36. The van der Waals surface area contributed by atoms with E-state index in [1.165, 1.54) is 11.1 Å². The highest BCUT2D eigenvalue weighted by Gasteiger charge is 2.42. The summed E-state index contributed by atoms with van der Waals surface area (Å²) in [6, 6.07) is 14.5. The molecule has 8 heteroatoms. The topological polar surface area (TPSA) is 80.1 Å². The number of piperidine rings is 1. The molecule has 1 spiro atoms. The molecule has 3 aliphatic rings. The summed E-state index contributed by atoms with van der Waals surface area (Å²) in [5.41, 5.74) is 5.30. The van der Waals surface area contributed by atoms with E-state index < -0.39 is 0 Å². The van der Waals surface area contributed by atoms with E-state index in [2.05, 4.69) is 45.5 Å². The molecule has 2 aromatic carbocycles. The van der Waals surface area contributed by atoms with Crippen LogP contribution in [0.1, 0.15) is 35.7 Å². The largest absolute Gasteiger partial charge is 0.487 e. The van der Waals surface area contributed by atoms with E-state index in [0.717, 1.165) is 73.2 Å². The van der Waals surface area contributed by atoms with Gasteiger partial charge in [0.05, 0.1) is 18.9 Å². The fourth-order valence-corrected chi connectivity index (χ4v) is 5.66. The van der Waals surface area contributed by atoms with E-state index in [4.69, 9.17) is 13.9 Å². The van der Waals surface area contributed by atoms with Gasteiger partial charge in [-0.3, -0.25) is 4.90 Å². The SMILES string of the molecule is Cc1nc(CN2CCC3(CC2)Cc2cc(-c4ccc(NC(=O)N5CCOCC5)cc4)ccc2O3)c(C)o1. The highest BCUT2D eigenvalue weighted by Crippen LogP contribution is 2.42. The molecule has 3 aromatic rings. The maximum atomic E-state index is 12.5. The second-order valence-electron chi connectivity index (χ2n) is 10.4. The van der Waals surface area contributed by atoms with Crippen molar-refractivity contribution in [2.45, 2.75) is 45.3 Å². The fourth-order valence-electron chi connectivity index (χ4n) is 5.66. The number of carbonyl (C=O) groups excluding carboxylic acids is 1. The molecule has 0 unspecified atom stereocenters. The van der Waals surface area contributed by atoms with Crippen LogP contribution in [0.4, 0.5) is 10.5 Å². The first kappa shape index (κ1) is 24.0. The van der Waals surface area contributed by atoms with E-state index in [9.17, 15) is 4.79 Å². The summed E-state index contributed by atoms with van der Waals surface area (Å²) in [4.78, 5) is 21.2. The summed E-state index contributed by atoms with van der Waals surface area (Å²) in [6.07, 6.45) is 2.95. The van der Waals surface area contributed by atoms with Crippen molar-refractivity contribution in [3.05, 3.63) is 65.4 Å². The molecule has 4 heterocycles. The normalized spacial score (nSPS) is 19.0. The van der Waals surface area contributed by atoms with Crippen molar-refractivity contribution in [2.24, 2.45) is 0 Å². The molecule has 2 amide bonds. The van der Waals surface area contributed by atoms with Crippen LogP contribution >= 0.6 is 0 Å². The van der Waals surface area contributed by atoms with Gasteiger partial charge in [0.2, 0.25) is 0 Å². The molecule has 1 aromatic heterocycles. The number of fused-ring (bicyclic) bond motifs is 1. The van der Waals surface area contributed by atoms with Gasteiger partial charge in [0, 0.05) is 64.6 Å². The summed E-state index contributed by atoms with van der Waals surface area (Å²) in [5.74, 6) is 2.66. The van der Waals surface area contributed by atoms with Gasteiger partial charge in [-0.25, -0.2) is 9.78 Å². The maximum Gasteiger partial charge on any atom is 0.321 e. The number of benzene rings is 2. The highest BCUT2D eigenvalue weighted by molar-refractivity contribution is 5.89. The average Bonchev–Trinajstić information content (AvgIpc) is 3.43. The number of rotatable bonds is 4. The molecular weight excluding hydrogens is 468 g/mol. The number of likely N-dealkylation sites (tertiary alicyclic amines) is 1. The van der Waals surface area contributed by atoms with Gasteiger partial charge >= 0.3 is 6.03 Å². The van der Waals surface area contributed by atoms with Gasteiger partial charge < -0.3 is 24.1 Å². The maximum absolute atomic E-state index is 12.5. The quantitative estimate of drug-likeness (QED) is 0.553. The Kier molecular flexibility index (Phi) is 6.38. The van der Waals surface area contributed by atoms with Crippen LogP contribution in [0, 0.1) is 13.8 Å². The minimum absolute atomic E-state index is 0.0756. The van der Waals surface area contributed by atoms with Gasteiger partial charge in [-0.2, -0.15) is 0 Å². The number of urea groups is 1. The van der Waals surface area contributed by atoms with Crippen molar-refractivity contribution in [1.29, 1.82) is 0 Å². The molecule has 6 rings (SSSR count). The third-order valence-corrected chi connectivity index (χ3v) is 7.81. The molecule has 8 nitrogen and oxygen atoms in total. The molecule has 0 radical (unpaired) electrons. The summed E-state index contributed by atoms with van der Waals surface area (Å²) in [7, 11) is 0. The third-order valence-electron chi connectivity index (χ3n) is 7.81. The second-order valence-corrected chi connectivity index (χ2v) is 10.4. The summed E-state index contributed by atoms with van der Waals surface area (Å²) in [6.45, 7) is 9.14. The summed E-state index contributed by atoms with van der Waals surface area (Å²) < 4.78 is 17.5. The van der Waals surface area contributed by atoms with Gasteiger partial charge in [0.1, 0.15) is 17.1 Å². The van der Waals surface area contributed by atoms with Crippen molar-refractivity contribution in [3.8, 4) is 16.9 Å². The van der Waals surface area contributed by atoms with Crippen LogP contribution in [0.15, 0.2) is 46.9 Å². The Balaban J connectivity index is 1.07. The number of anilines is 1. The summed E-state index contributed by atoms with van der Waals surface area (Å²) in [5, 5.41) is 2.99. The third kappa shape index (κ3) is 5.08. The standard InChI is InChI=1S/C29H34N4O4/c1-20-26(30-21(2)36-20)19-32-11-9-29(10-12-32)18-24-17-23(5-8-27(24)37-29)22-3-6-25(7-4-22)31-28(34)33-13-15-35-16-14-33/h3-8,17H,9-16,18-19H2,1-2H3,(H,31,34). The van der Waals surface area contributed by atoms with Crippen molar-refractivity contribution in [3.63, 3.8) is 0 Å². The van der Waals surface area contributed by atoms with Gasteiger partial charge in [-0.05, 0) is 47.9 Å². The molecule has 3 aliphatic heterocycles. The molecule has 0 atom stereocenters. The zero-order valence-electron chi connectivity index (χ0n) is 21.6. The number of hydrogen-bond acceptors (Lipinski definition) is 6. The van der Waals surface area contributed by atoms with E-state index in [1.807, 2.05) is 26.0 Å². The van der Waals surface area contributed by atoms with Crippen LogP contribution in [0.25, 0.3) is 11.1 Å². The molecule has 0 saturated carbocycles. The first-order valence-corrected chi connectivity index (χ1v) is 13.2. The number of hydrogen-bond donors (Lipinski definition) is 1. The van der Waals surface area contributed by atoms with E-state index in [-0.39, 0.29) is 11.6 Å². The lowest BCUT2D eigenvalue weighted by molar-refractivity contribution is 0.0166. The Morgan fingerprint density at radius 3 is 2.43 bits per heavy atom. The number of morpholine rings is 1. The zero-order chi connectivity index (χ0) is 25.4. The molecule has 2 saturated heterocycles. The minimum atomic E-state index is -0.111. The van der Waals surface area contributed by atoms with E-state index >= 15 is 0 Å². The molecule has 37 heavy (non-hydrogen) atoms. The van der Waals surface area contributed by atoms with Crippen LogP contribution < -0.4 is 10.1 Å². The van der Waals surface area contributed by atoms with Gasteiger partial charge in [-0.1, -0.05) is 18.2 Å². The molecular formula is C29H34N4O4. The van der Waals surface area contributed by atoms with Crippen molar-refractivity contribution >= 4 is 11.7 Å². The van der Waals surface area contributed by atoms with Crippen LogP contribution in [0.5, 0.6) is 5.75 Å². The number of amides is 2. The molecule has 194 valence electrons. The van der Waals surface area contributed by atoms with E-state index in [1.54, 1.807) is 4.90 Å². The first-order valence-electron chi connectivity index (χ1n) is 13.2. The van der Waals surface area contributed by atoms with Gasteiger partial charge in [-0.15, -0.1) is 0 Å². The Morgan fingerprint density at radius 1 is 1.00 bits per heavy atom. The van der Waals surface area contributed by atoms with Crippen molar-refractivity contribution in [1.82, 2.24) is 14.8 Å². The number of nitrogens with zero attached hydrogens (tertiary/aromatic N) is 3. The second kappa shape index (κ2) is 9.84. The number of oxazole rings is 1. The first-order chi connectivity index (χ1) is 18.0. The number of nitrogens with one attached hydrogen (secondary N) is 1. The zero-order valence-corrected chi connectivity index (χ0v) is 21.6. The molecule has 0 bridgehead atoms. The van der Waals surface area contributed by atoms with Crippen molar-refractivity contribution < 1.29 is 18.7 Å². The smallest absolute Gasteiger partial charge is 0.321 e. The Labute approximate surface area is 217 Å². The predicted molar refractivity (Wildman–Crippen MR) is 141 cm³/mol. The Morgan fingerprint density at radius 2 is 1.73 bits per heavy atom. The predicted octanol–water partition coefficient (Wildman–Crippen LogP) is 4.79. The Bertz CT molecular complexity index is 1270. The lowest BCUT2D eigenvalue weighted by Crippen LogP contribution is -2.47. The number of aryl methyl sites for hydroxylation is 2. The molecule has 0 aliphatic carbocycles. The van der Waals surface area contributed by atoms with Crippen LogP contribution in [0.3, 0.4) is 0 Å². The average molecular weight is 503 g/mol. The fraction of sp³-hybridized carbons (Fsp3) is 0.448. The van der Waals surface area contributed by atoms with E-state index in [0.29, 0.717) is 26.3 Å². The highest BCUT2D eigenvalue weighted by atomic mass is 16.5. The number of aromatic nitrogens is 1. The number of ether oxygens (including phenoxy) is 2. The van der Waals surface area contributed by atoms with Crippen LogP contribution in [-0.2, 0) is 17.7 Å². The number of carbonyl (C=O) groups is 1. The molecule has 1 N–H and O–H groups in total. The minimum Gasteiger partial charge on any atom is -0.487 e. The monoisotopic (exact) mass is 502 g/mol. The van der Waals surface area contributed by atoms with Crippen LogP contribution in [-0.4, -0.2) is 65.8 Å². The summed E-state index contributed by atoms with van der Waals surface area (Å²) >= 11 is 0. The van der Waals surface area contributed by atoms with Crippen molar-refractivity contribution in [2.75, 3.05) is 44.7 Å². The van der Waals surface area contributed by atoms with Crippen LogP contribution in [0.2, 0.25) is 0 Å².